The minimum absolute atomic E-state index is 0.409. The molecule has 0 amide bonds. The van der Waals surface area contributed by atoms with Crippen molar-refractivity contribution < 1.29 is 0 Å². The van der Waals surface area contributed by atoms with E-state index < -0.39 is 0 Å². The van der Waals surface area contributed by atoms with Gasteiger partial charge in [0.25, 0.3) is 0 Å². The van der Waals surface area contributed by atoms with Gasteiger partial charge in [-0.3, -0.25) is 9.80 Å². The first kappa shape index (κ1) is 19.5. The molecule has 3 aliphatic heterocycles. The van der Waals surface area contributed by atoms with Crippen LogP contribution < -0.4 is 4.90 Å². The molecular formula is C22H35ClN4. The Balaban J connectivity index is 1.37. The number of piperazine rings is 1. The molecule has 0 saturated carbocycles. The van der Waals surface area contributed by atoms with Gasteiger partial charge in [0, 0.05) is 55.0 Å². The van der Waals surface area contributed by atoms with Crippen molar-refractivity contribution in [1.29, 1.82) is 0 Å². The molecule has 0 bridgehead atoms. The summed E-state index contributed by atoms with van der Waals surface area (Å²) in [5, 5.41) is 0.887. The van der Waals surface area contributed by atoms with Gasteiger partial charge < -0.3 is 9.80 Å². The molecule has 4 rings (SSSR count). The van der Waals surface area contributed by atoms with Crippen LogP contribution in [0.1, 0.15) is 31.2 Å². The van der Waals surface area contributed by atoms with Crippen LogP contribution in [0.15, 0.2) is 18.2 Å². The Morgan fingerprint density at radius 1 is 0.963 bits per heavy atom. The van der Waals surface area contributed by atoms with E-state index >= 15 is 0 Å². The number of likely N-dealkylation sites (N-methyl/N-ethyl adjacent to an activating group) is 1. The summed E-state index contributed by atoms with van der Waals surface area (Å²) in [5.74, 6) is 0. The van der Waals surface area contributed by atoms with Crippen LogP contribution in [0.5, 0.6) is 0 Å². The maximum absolute atomic E-state index is 6.35. The van der Waals surface area contributed by atoms with Crippen molar-refractivity contribution in [2.24, 2.45) is 0 Å². The van der Waals surface area contributed by atoms with E-state index in [-0.39, 0.29) is 0 Å². The van der Waals surface area contributed by atoms with Gasteiger partial charge in [0.1, 0.15) is 0 Å². The number of hydrogen-bond acceptors (Lipinski definition) is 4. The van der Waals surface area contributed by atoms with E-state index in [9.17, 15) is 0 Å². The molecular weight excluding hydrogens is 356 g/mol. The third-order valence-electron chi connectivity index (χ3n) is 7.45. The fraction of sp³-hybridized carbons (Fsp3) is 0.727. The zero-order valence-electron chi connectivity index (χ0n) is 17.3. The minimum Gasteiger partial charge on any atom is -0.371 e. The summed E-state index contributed by atoms with van der Waals surface area (Å²) < 4.78 is 0. The van der Waals surface area contributed by atoms with Crippen LogP contribution in [0, 0.1) is 6.92 Å². The van der Waals surface area contributed by atoms with Crippen molar-refractivity contribution in [3.8, 4) is 0 Å². The van der Waals surface area contributed by atoms with E-state index in [2.05, 4.69) is 58.8 Å². The number of halogens is 1. The molecule has 5 heteroatoms. The number of aryl methyl sites for hydroxylation is 1. The van der Waals surface area contributed by atoms with E-state index in [1.54, 1.807) is 0 Å². The van der Waals surface area contributed by atoms with E-state index in [4.69, 9.17) is 11.6 Å². The van der Waals surface area contributed by atoms with E-state index in [1.165, 1.54) is 64.1 Å². The third kappa shape index (κ3) is 4.00. The van der Waals surface area contributed by atoms with Crippen molar-refractivity contribution in [3.63, 3.8) is 0 Å². The van der Waals surface area contributed by atoms with Crippen LogP contribution in [0.3, 0.4) is 0 Å². The number of anilines is 1. The van der Waals surface area contributed by atoms with E-state index in [0.717, 1.165) is 29.7 Å². The quantitative estimate of drug-likeness (QED) is 0.767. The van der Waals surface area contributed by atoms with Gasteiger partial charge in [-0.2, -0.15) is 0 Å². The van der Waals surface area contributed by atoms with Crippen molar-refractivity contribution in [2.45, 2.75) is 44.2 Å². The number of nitrogens with zero attached hydrogens (tertiary/aromatic N) is 4. The first-order valence-electron chi connectivity index (χ1n) is 10.6. The van der Waals surface area contributed by atoms with Crippen molar-refractivity contribution in [2.75, 3.05) is 64.8 Å². The highest BCUT2D eigenvalue weighted by Crippen LogP contribution is 2.34. The predicted molar refractivity (Wildman–Crippen MR) is 115 cm³/mol. The Bertz CT molecular complexity index is 648. The highest BCUT2D eigenvalue weighted by atomic mass is 35.5. The fourth-order valence-corrected chi connectivity index (χ4v) is 5.42. The highest BCUT2D eigenvalue weighted by Gasteiger charge is 2.43. The van der Waals surface area contributed by atoms with Crippen LogP contribution in [-0.4, -0.2) is 86.2 Å². The molecule has 3 saturated heterocycles. The maximum atomic E-state index is 6.35. The van der Waals surface area contributed by atoms with Crippen molar-refractivity contribution >= 4 is 17.3 Å². The van der Waals surface area contributed by atoms with Gasteiger partial charge >= 0.3 is 0 Å². The summed E-state index contributed by atoms with van der Waals surface area (Å²) in [7, 11) is 4.62. The van der Waals surface area contributed by atoms with Crippen LogP contribution in [0.25, 0.3) is 0 Å². The lowest BCUT2D eigenvalue weighted by Crippen LogP contribution is -2.66. The third-order valence-corrected chi connectivity index (χ3v) is 7.86. The minimum atomic E-state index is 0.409. The lowest BCUT2D eigenvalue weighted by atomic mass is 9.83. The fourth-order valence-electron chi connectivity index (χ4n) is 5.25. The second-order valence-electron chi connectivity index (χ2n) is 9.07. The number of rotatable bonds is 2. The van der Waals surface area contributed by atoms with Gasteiger partial charge in [0.05, 0.1) is 0 Å². The molecule has 3 aliphatic rings. The molecule has 4 nitrogen and oxygen atoms in total. The Hall–Kier alpha value is -0.810. The Labute approximate surface area is 170 Å². The predicted octanol–water partition coefficient (Wildman–Crippen LogP) is 3.33. The topological polar surface area (TPSA) is 13.0 Å². The molecule has 3 fully saturated rings. The van der Waals surface area contributed by atoms with E-state index in [0.29, 0.717) is 5.54 Å². The standard InChI is InChI=1S/C22H35ClN4/c1-18-4-5-20(16-21(18)23)26-10-6-19(7-11-26)27-15-14-25(3)22(17-27)8-12-24(2)13-9-22/h4-5,16,19H,6-15,17H2,1-3H3. The summed E-state index contributed by atoms with van der Waals surface area (Å²) in [5.41, 5.74) is 2.86. The largest absolute Gasteiger partial charge is 0.371 e. The van der Waals surface area contributed by atoms with Gasteiger partial charge in [-0.05, 0) is 77.5 Å². The number of likely N-dealkylation sites (tertiary alicyclic amines) is 1. The zero-order valence-corrected chi connectivity index (χ0v) is 18.0. The summed E-state index contributed by atoms with van der Waals surface area (Å²) in [6.45, 7) is 10.6. The molecule has 1 spiro atoms. The maximum Gasteiger partial charge on any atom is 0.0455 e. The van der Waals surface area contributed by atoms with Gasteiger partial charge in [-0.15, -0.1) is 0 Å². The normalized spacial score (nSPS) is 26.0. The number of piperidine rings is 2. The van der Waals surface area contributed by atoms with Crippen LogP contribution in [-0.2, 0) is 0 Å². The van der Waals surface area contributed by atoms with Crippen molar-refractivity contribution in [3.05, 3.63) is 28.8 Å². The first-order chi connectivity index (χ1) is 13.0. The molecule has 27 heavy (non-hydrogen) atoms. The molecule has 0 radical (unpaired) electrons. The summed E-state index contributed by atoms with van der Waals surface area (Å²) in [4.78, 5) is 10.5. The molecule has 0 aliphatic carbocycles. The average molecular weight is 391 g/mol. The Kier molecular flexibility index (Phi) is 5.71. The van der Waals surface area contributed by atoms with Crippen LogP contribution >= 0.6 is 11.6 Å². The summed E-state index contributed by atoms with van der Waals surface area (Å²) >= 11 is 6.35. The molecule has 0 unspecified atom stereocenters. The van der Waals surface area contributed by atoms with Crippen LogP contribution in [0.4, 0.5) is 5.69 Å². The van der Waals surface area contributed by atoms with Gasteiger partial charge in [0.15, 0.2) is 0 Å². The molecule has 0 aromatic heterocycles. The molecule has 3 heterocycles. The molecule has 1 aromatic rings. The van der Waals surface area contributed by atoms with Gasteiger partial charge in [-0.1, -0.05) is 17.7 Å². The second kappa shape index (κ2) is 7.90. The van der Waals surface area contributed by atoms with Gasteiger partial charge in [0.2, 0.25) is 0 Å². The van der Waals surface area contributed by atoms with Crippen molar-refractivity contribution in [1.82, 2.24) is 14.7 Å². The van der Waals surface area contributed by atoms with E-state index in [1.807, 2.05) is 0 Å². The molecule has 0 atom stereocenters. The molecule has 1 aromatic carbocycles. The average Bonchev–Trinajstić information content (AvgIpc) is 2.69. The first-order valence-corrected chi connectivity index (χ1v) is 11.0. The SMILES string of the molecule is Cc1ccc(N2CCC(N3CCN(C)C4(CCN(C)CC4)C3)CC2)cc1Cl. The second-order valence-corrected chi connectivity index (χ2v) is 9.48. The highest BCUT2D eigenvalue weighted by molar-refractivity contribution is 6.31. The monoisotopic (exact) mass is 390 g/mol. The zero-order chi connectivity index (χ0) is 19.0. The summed E-state index contributed by atoms with van der Waals surface area (Å²) in [6.07, 6.45) is 5.17. The molecule has 0 N–H and O–H groups in total. The lowest BCUT2D eigenvalue weighted by Gasteiger charge is -2.55. The lowest BCUT2D eigenvalue weighted by molar-refractivity contribution is -0.0404. The molecule has 150 valence electrons. The number of benzene rings is 1. The Morgan fingerprint density at radius 3 is 2.33 bits per heavy atom. The smallest absolute Gasteiger partial charge is 0.0455 e. The van der Waals surface area contributed by atoms with Gasteiger partial charge in [-0.25, -0.2) is 0 Å². The summed E-state index contributed by atoms with van der Waals surface area (Å²) in [6, 6.07) is 7.26. The Morgan fingerprint density at radius 2 is 1.67 bits per heavy atom. The number of hydrogen-bond donors (Lipinski definition) is 0. The van der Waals surface area contributed by atoms with Crippen LogP contribution in [0.2, 0.25) is 5.02 Å².